The van der Waals surface area contributed by atoms with Crippen molar-refractivity contribution in [3.63, 3.8) is 0 Å². The van der Waals surface area contributed by atoms with Crippen molar-refractivity contribution < 1.29 is 9.90 Å². The third kappa shape index (κ3) is 4.97. The van der Waals surface area contributed by atoms with E-state index in [2.05, 4.69) is 16.5 Å². The van der Waals surface area contributed by atoms with Gasteiger partial charge in [0.15, 0.2) is 0 Å². The van der Waals surface area contributed by atoms with Crippen LogP contribution in [0.2, 0.25) is 0 Å². The van der Waals surface area contributed by atoms with E-state index in [9.17, 15) is 9.90 Å². The van der Waals surface area contributed by atoms with Crippen molar-refractivity contribution in [3.8, 4) is 0 Å². The van der Waals surface area contributed by atoms with Crippen molar-refractivity contribution in [2.24, 2.45) is 5.92 Å². The Morgan fingerprint density at radius 3 is 2.63 bits per heavy atom. The smallest absolute Gasteiger partial charge is 0.249 e. The molecular formula is C14H26N2O2S. The molecule has 2 aliphatic rings. The van der Waals surface area contributed by atoms with Gasteiger partial charge in [-0.15, -0.1) is 0 Å². The molecule has 1 amide bonds. The highest BCUT2D eigenvalue weighted by Crippen LogP contribution is 2.23. The second-order valence-electron chi connectivity index (χ2n) is 5.75. The van der Waals surface area contributed by atoms with Crippen LogP contribution in [0, 0.1) is 5.92 Å². The zero-order valence-corrected chi connectivity index (χ0v) is 12.6. The van der Waals surface area contributed by atoms with E-state index in [-0.39, 0.29) is 11.8 Å². The molecule has 0 aromatic heterocycles. The number of likely N-dealkylation sites (tertiary alicyclic amines) is 1. The summed E-state index contributed by atoms with van der Waals surface area (Å²) in [5.74, 6) is 1.21. The van der Waals surface area contributed by atoms with Crippen LogP contribution in [0.4, 0.5) is 0 Å². The third-order valence-corrected chi connectivity index (χ3v) is 4.79. The number of nitrogens with zero attached hydrogens (tertiary/aromatic N) is 1. The number of aliphatic hydroxyl groups excluding tert-OH is 1. The second-order valence-corrected chi connectivity index (χ2v) is 6.74. The van der Waals surface area contributed by atoms with Gasteiger partial charge in [0.2, 0.25) is 5.91 Å². The van der Waals surface area contributed by atoms with Crippen LogP contribution >= 0.6 is 11.8 Å². The number of amides is 1. The van der Waals surface area contributed by atoms with Gasteiger partial charge in [-0.3, -0.25) is 4.79 Å². The fourth-order valence-electron chi connectivity index (χ4n) is 2.65. The molecule has 0 radical (unpaired) electrons. The van der Waals surface area contributed by atoms with Crippen LogP contribution in [0.15, 0.2) is 0 Å². The average Bonchev–Trinajstić information content (AvgIpc) is 3.23. The van der Waals surface area contributed by atoms with E-state index >= 15 is 0 Å². The molecule has 5 heteroatoms. The van der Waals surface area contributed by atoms with Gasteiger partial charge in [-0.25, -0.2) is 0 Å². The summed E-state index contributed by atoms with van der Waals surface area (Å²) in [7, 11) is 0. The van der Waals surface area contributed by atoms with E-state index in [4.69, 9.17) is 0 Å². The lowest BCUT2D eigenvalue weighted by Crippen LogP contribution is -2.45. The number of nitrogens with one attached hydrogen (secondary N) is 1. The standard InChI is InChI=1S/C14H26N2O2S/c1-19-10-2-7-16-8-5-11(6-9-16)13(17)14(18)15-12-3-4-12/h11-13,17H,2-10H2,1H3,(H,15,18). The lowest BCUT2D eigenvalue weighted by molar-refractivity contribution is -0.133. The lowest BCUT2D eigenvalue weighted by atomic mass is 9.90. The lowest BCUT2D eigenvalue weighted by Gasteiger charge is -2.33. The quantitative estimate of drug-likeness (QED) is 0.688. The fraction of sp³-hybridized carbons (Fsp3) is 0.929. The summed E-state index contributed by atoms with van der Waals surface area (Å²) in [5.41, 5.74) is 0. The van der Waals surface area contributed by atoms with E-state index in [1.807, 2.05) is 11.8 Å². The summed E-state index contributed by atoms with van der Waals surface area (Å²) in [4.78, 5) is 14.3. The Labute approximate surface area is 120 Å². The minimum absolute atomic E-state index is 0.149. The normalized spacial score (nSPS) is 23.3. The van der Waals surface area contributed by atoms with Crippen LogP contribution in [-0.4, -0.2) is 59.7 Å². The van der Waals surface area contributed by atoms with Gasteiger partial charge in [-0.1, -0.05) is 0 Å². The van der Waals surface area contributed by atoms with Crippen molar-refractivity contribution in [2.45, 2.75) is 44.2 Å². The Kier molecular flexibility index (Phi) is 5.98. The van der Waals surface area contributed by atoms with Gasteiger partial charge < -0.3 is 15.3 Å². The first-order chi connectivity index (χ1) is 9.20. The second kappa shape index (κ2) is 7.50. The molecule has 0 spiro atoms. The third-order valence-electron chi connectivity index (χ3n) is 4.09. The molecule has 19 heavy (non-hydrogen) atoms. The highest BCUT2D eigenvalue weighted by Gasteiger charge is 2.32. The van der Waals surface area contributed by atoms with Crippen LogP contribution < -0.4 is 5.32 Å². The molecule has 2 rings (SSSR count). The Bertz CT molecular complexity index is 289. The van der Waals surface area contributed by atoms with Crippen molar-refractivity contribution in [1.29, 1.82) is 0 Å². The number of carbonyl (C=O) groups is 1. The number of carbonyl (C=O) groups excluding carboxylic acids is 1. The summed E-state index contributed by atoms with van der Waals surface area (Å²) < 4.78 is 0. The highest BCUT2D eigenvalue weighted by molar-refractivity contribution is 7.98. The summed E-state index contributed by atoms with van der Waals surface area (Å²) in [6.45, 7) is 3.19. The van der Waals surface area contributed by atoms with Crippen LogP contribution in [0.25, 0.3) is 0 Å². The number of hydrogen-bond donors (Lipinski definition) is 2. The van der Waals surface area contributed by atoms with Crippen molar-refractivity contribution in [3.05, 3.63) is 0 Å². The molecule has 110 valence electrons. The predicted octanol–water partition coefficient (Wildman–Crippen LogP) is 1.09. The molecule has 0 aromatic carbocycles. The first-order valence-electron chi connectivity index (χ1n) is 7.40. The molecule has 1 aliphatic heterocycles. The van der Waals surface area contributed by atoms with Crippen LogP contribution in [0.5, 0.6) is 0 Å². The van der Waals surface area contributed by atoms with E-state index in [1.54, 1.807) is 0 Å². The van der Waals surface area contributed by atoms with E-state index in [0.29, 0.717) is 6.04 Å². The molecule has 0 aromatic rings. The molecule has 1 atom stereocenters. The molecule has 1 saturated carbocycles. The van der Waals surface area contributed by atoms with Crippen molar-refractivity contribution >= 4 is 17.7 Å². The summed E-state index contributed by atoms with van der Waals surface area (Å²) in [6.07, 6.45) is 6.61. The number of rotatable bonds is 7. The van der Waals surface area contributed by atoms with E-state index in [1.165, 1.54) is 12.2 Å². The molecule has 1 unspecified atom stereocenters. The van der Waals surface area contributed by atoms with Gasteiger partial charge >= 0.3 is 0 Å². The summed E-state index contributed by atoms with van der Waals surface area (Å²) >= 11 is 1.89. The maximum absolute atomic E-state index is 11.8. The van der Waals surface area contributed by atoms with Crippen molar-refractivity contribution in [2.75, 3.05) is 31.6 Å². The number of aliphatic hydroxyl groups is 1. The average molecular weight is 286 g/mol. The Balaban J connectivity index is 1.65. The predicted molar refractivity (Wildman–Crippen MR) is 79.3 cm³/mol. The molecule has 1 aliphatic carbocycles. The maximum Gasteiger partial charge on any atom is 0.249 e. The van der Waals surface area contributed by atoms with Gasteiger partial charge in [-0.2, -0.15) is 11.8 Å². The summed E-state index contributed by atoms with van der Waals surface area (Å²) in [5, 5.41) is 13.0. The van der Waals surface area contributed by atoms with Gasteiger partial charge in [0.25, 0.3) is 0 Å². The van der Waals surface area contributed by atoms with Crippen LogP contribution in [0.3, 0.4) is 0 Å². The van der Waals surface area contributed by atoms with Crippen LogP contribution in [-0.2, 0) is 4.79 Å². The molecular weight excluding hydrogens is 260 g/mol. The minimum Gasteiger partial charge on any atom is -0.383 e. The number of hydrogen-bond acceptors (Lipinski definition) is 4. The fourth-order valence-corrected chi connectivity index (χ4v) is 3.07. The molecule has 2 N–H and O–H groups in total. The molecule has 0 bridgehead atoms. The molecule has 2 fully saturated rings. The summed E-state index contributed by atoms with van der Waals surface area (Å²) in [6, 6.07) is 0.341. The van der Waals surface area contributed by atoms with Crippen molar-refractivity contribution in [1.82, 2.24) is 10.2 Å². The topological polar surface area (TPSA) is 52.6 Å². The molecule has 1 heterocycles. The maximum atomic E-state index is 11.8. The zero-order valence-electron chi connectivity index (χ0n) is 11.8. The molecule has 4 nitrogen and oxygen atoms in total. The van der Waals surface area contributed by atoms with E-state index in [0.717, 1.165) is 45.3 Å². The largest absolute Gasteiger partial charge is 0.383 e. The van der Waals surface area contributed by atoms with Gasteiger partial charge in [-0.05, 0) is 69.7 Å². The van der Waals surface area contributed by atoms with E-state index < -0.39 is 6.10 Å². The first kappa shape index (κ1) is 15.1. The Hall–Kier alpha value is -0.260. The first-order valence-corrected chi connectivity index (χ1v) is 8.80. The van der Waals surface area contributed by atoms with Crippen LogP contribution in [0.1, 0.15) is 32.1 Å². The Morgan fingerprint density at radius 2 is 2.05 bits per heavy atom. The number of piperidine rings is 1. The SMILES string of the molecule is CSCCCN1CCC(C(O)C(=O)NC2CC2)CC1. The molecule has 1 saturated heterocycles. The van der Waals surface area contributed by atoms with Gasteiger partial charge in [0.05, 0.1) is 0 Å². The van der Waals surface area contributed by atoms with Gasteiger partial charge in [0, 0.05) is 6.04 Å². The zero-order chi connectivity index (χ0) is 13.7. The minimum atomic E-state index is -0.797. The van der Waals surface area contributed by atoms with Gasteiger partial charge in [0.1, 0.15) is 6.10 Å². The highest BCUT2D eigenvalue weighted by atomic mass is 32.2. The monoisotopic (exact) mass is 286 g/mol. The number of thioether (sulfide) groups is 1. The Morgan fingerprint density at radius 1 is 1.37 bits per heavy atom.